The third-order valence-electron chi connectivity index (χ3n) is 3.14. The molecule has 0 saturated heterocycles. The number of hydrazine groups is 1. The maximum Gasteiger partial charge on any atom is 0.279 e. The number of nitrogens with one attached hydrogen (secondary N) is 2. The number of carbonyl (C=O) groups excluding carboxylic acids is 2. The Hall–Kier alpha value is -1.67. The fourth-order valence-electron chi connectivity index (χ4n) is 1.82. The summed E-state index contributed by atoms with van der Waals surface area (Å²) < 4.78 is 11.4. The summed E-state index contributed by atoms with van der Waals surface area (Å²) >= 11 is 20.9. The minimum atomic E-state index is -0.907. The molecule has 2 rings (SSSR count). The highest BCUT2D eigenvalue weighted by Gasteiger charge is 2.17. The first-order valence-electron chi connectivity index (χ1n) is 7.54. The van der Waals surface area contributed by atoms with Crippen molar-refractivity contribution in [3.63, 3.8) is 0 Å². The molecule has 2 aromatic rings. The average Bonchev–Trinajstić information content (AvgIpc) is 2.61. The Morgan fingerprint density at radius 1 is 1.04 bits per heavy atom. The van der Waals surface area contributed by atoms with Crippen LogP contribution in [0.15, 0.2) is 40.9 Å². The van der Waals surface area contributed by atoms with Crippen LogP contribution in [0.5, 0.6) is 11.5 Å². The summed E-state index contributed by atoms with van der Waals surface area (Å²) in [6, 6.07) is 9.51. The third-order valence-corrected chi connectivity index (χ3v) is 4.53. The lowest BCUT2D eigenvalue weighted by molar-refractivity contribution is -0.133. The second-order valence-electron chi connectivity index (χ2n) is 5.24. The van der Waals surface area contributed by atoms with E-state index in [2.05, 4.69) is 26.8 Å². The molecule has 0 radical (unpaired) electrons. The van der Waals surface area contributed by atoms with Crippen LogP contribution in [0.1, 0.15) is 6.92 Å². The minimum Gasteiger partial charge on any atom is -0.483 e. The van der Waals surface area contributed by atoms with E-state index in [1.165, 1.54) is 13.0 Å². The lowest BCUT2D eigenvalue weighted by atomic mass is 10.3. The van der Waals surface area contributed by atoms with Gasteiger partial charge in [0.2, 0.25) is 0 Å². The molecule has 0 aliphatic carbocycles. The molecule has 0 aliphatic rings. The smallest absolute Gasteiger partial charge is 0.279 e. The highest BCUT2D eigenvalue weighted by atomic mass is 79.9. The molecule has 2 amide bonds. The van der Waals surface area contributed by atoms with Crippen LogP contribution in [0.25, 0.3) is 0 Å². The summed E-state index contributed by atoms with van der Waals surface area (Å²) in [5.74, 6) is -0.384. The molecule has 0 fully saturated rings. The molecule has 1 unspecified atom stereocenters. The molecule has 27 heavy (non-hydrogen) atoms. The molecule has 6 nitrogen and oxygen atoms in total. The third kappa shape index (κ3) is 6.77. The zero-order chi connectivity index (χ0) is 20.0. The number of benzene rings is 2. The molecule has 0 bridgehead atoms. The largest absolute Gasteiger partial charge is 0.483 e. The van der Waals surface area contributed by atoms with Crippen molar-refractivity contribution < 1.29 is 19.1 Å². The van der Waals surface area contributed by atoms with Gasteiger partial charge >= 0.3 is 0 Å². The van der Waals surface area contributed by atoms with Crippen LogP contribution in [0.3, 0.4) is 0 Å². The minimum absolute atomic E-state index is 0.271. The quantitative estimate of drug-likeness (QED) is 0.581. The fourth-order valence-corrected chi connectivity index (χ4v) is 3.07. The summed E-state index contributed by atoms with van der Waals surface area (Å²) in [6.07, 6.45) is -0.907. The number of ether oxygens (including phenoxy) is 2. The Balaban J connectivity index is 1.79. The van der Waals surface area contributed by atoms with E-state index in [-0.39, 0.29) is 11.6 Å². The first-order valence-corrected chi connectivity index (χ1v) is 9.47. The Bertz CT molecular complexity index is 851. The van der Waals surface area contributed by atoms with Crippen LogP contribution in [-0.4, -0.2) is 24.5 Å². The van der Waals surface area contributed by atoms with Gasteiger partial charge in [-0.1, -0.05) is 34.8 Å². The number of hydrogen-bond donors (Lipinski definition) is 2. The first-order chi connectivity index (χ1) is 12.8. The van der Waals surface area contributed by atoms with Gasteiger partial charge in [0.15, 0.2) is 12.7 Å². The van der Waals surface area contributed by atoms with E-state index in [1.807, 2.05) is 0 Å². The van der Waals surface area contributed by atoms with Gasteiger partial charge in [-0.25, -0.2) is 0 Å². The van der Waals surface area contributed by atoms with Crippen molar-refractivity contribution in [2.24, 2.45) is 0 Å². The zero-order valence-electron chi connectivity index (χ0n) is 13.9. The van der Waals surface area contributed by atoms with Crippen LogP contribution >= 0.6 is 50.7 Å². The zero-order valence-corrected chi connectivity index (χ0v) is 17.7. The van der Waals surface area contributed by atoms with Crippen molar-refractivity contribution in [1.29, 1.82) is 0 Å². The molecule has 2 aromatic carbocycles. The van der Waals surface area contributed by atoms with E-state index in [4.69, 9.17) is 44.3 Å². The Morgan fingerprint density at radius 3 is 2.30 bits per heavy atom. The highest BCUT2D eigenvalue weighted by Crippen LogP contribution is 2.29. The monoisotopic (exact) mass is 494 g/mol. The number of rotatable bonds is 6. The van der Waals surface area contributed by atoms with Gasteiger partial charge in [-0.15, -0.1) is 0 Å². The maximum absolute atomic E-state index is 12.0. The van der Waals surface area contributed by atoms with Crippen LogP contribution in [0.2, 0.25) is 15.1 Å². The second kappa shape index (κ2) is 10.0. The molecule has 0 heterocycles. The number of carbonyl (C=O) groups is 2. The van der Waals surface area contributed by atoms with Crippen molar-refractivity contribution in [1.82, 2.24) is 10.9 Å². The van der Waals surface area contributed by atoms with Gasteiger partial charge in [0.25, 0.3) is 11.8 Å². The molecule has 0 spiro atoms. The first kappa shape index (κ1) is 21.6. The normalized spacial score (nSPS) is 11.4. The van der Waals surface area contributed by atoms with Crippen molar-refractivity contribution in [3.8, 4) is 11.5 Å². The predicted molar refractivity (Wildman–Crippen MR) is 107 cm³/mol. The topological polar surface area (TPSA) is 76.7 Å². The van der Waals surface area contributed by atoms with Gasteiger partial charge in [-0.2, -0.15) is 0 Å². The standard InChI is InChI=1S/C17H14BrCl3N2O4/c1-9(27-15-5-3-11(20)7-13(15)21)17(25)23-22-16(24)8-26-14-4-2-10(19)6-12(14)18/h2-7,9H,8H2,1H3,(H,22,24)(H,23,25). The highest BCUT2D eigenvalue weighted by molar-refractivity contribution is 9.10. The predicted octanol–water partition coefficient (Wildman–Crippen LogP) is 4.40. The van der Waals surface area contributed by atoms with E-state index in [1.54, 1.807) is 30.3 Å². The van der Waals surface area contributed by atoms with E-state index in [0.29, 0.717) is 26.0 Å². The molecule has 0 aliphatic heterocycles. The summed E-state index contributed by atoms with van der Waals surface area (Å²) in [6.45, 7) is 1.20. The average molecular weight is 497 g/mol. The molecule has 10 heteroatoms. The molecule has 0 saturated carbocycles. The summed E-state index contributed by atoms with van der Waals surface area (Å²) in [7, 11) is 0. The van der Waals surface area contributed by atoms with Crippen molar-refractivity contribution in [3.05, 3.63) is 55.9 Å². The van der Waals surface area contributed by atoms with Gasteiger partial charge in [0.05, 0.1) is 9.50 Å². The molecule has 2 N–H and O–H groups in total. The summed E-state index contributed by atoms with van der Waals surface area (Å²) in [5.41, 5.74) is 4.48. The second-order valence-corrected chi connectivity index (χ2v) is 7.37. The number of hydrogen-bond acceptors (Lipinski definition) is 4. The van der Waals surface area contributed by atoms with Crippen molar-refractivity contribution >= 4 is 62.5 Å². The van der Waals surface area contributed by atoms with Crippen molar-refractivity contribution in [2.75, 3.05) is 6.61 Å². The van der Waals surface area contributed by atoms with Crippen LogP contribution in [-0.2, 0) is 9.59 Å². The van der Waals surface area contributed by atoms with Crippen molar-refractivity contribution in [2.45, 2.75) is 13.0 Å². The SMILES string of the molecule is CC(Oc1ccc(Cl)cc1Cl)C(=O)NNC(=O)COc1ccc(Cl)cc1Br. The van der Waals surface area contributed by atoms with E-state index in [9.17, 15) is 9.59 Å². The van der Waals surface area contributed by atoms with E-state index < -0.39 is 17.9 Å². The molecule has 1 atom stereocenters. The lowest BCUT2D eigenvalue weighted by Crippen LogP contribution is -2.48. The lowest BCUT2D eigenvalue weighted by Gasteiger charge is -2.16. The fraction of sp³-hybridized carbons (Fsp3) is 0.176. The molecular formula is C17H14BrCl3N2O4. The van der Waals surface area contributed by atoms with Gasteiger partial charge in [-0.3, -0.25) is 20.4 Å². The van der Waals surface area contributed by atoms with Gasteiger partial charge in [-0.05, 0) is 59.3 Å². The van der Waals surface area contributed by atoms with Gasteiger partial charge in [0, 0.05) is 10.0 Å². The summed E-state index contributed by atoms with van der Waals surface area (Å²) in [5, 5.41) is 1.25. The van der Waals surface area contributed by atoms with Crippen LogP contribution in [0.4, 0.5) is 0 Å². The Kier molecular flexibility index (Phi) is 8.04. The number of amides is 2. The van der Waals surface area contributed by atoms with Crippen LogP contribution < -0.4 is 20.3 Å². The number of halogens is 4. The van der Waals surface area contributed by atoms with E-state index >= 15 is 0 Å². The van der Waals surface area contributed by atoms with Gasteiger partial charge in [0.1, 0.15) is 11.5 Å². The van der Waals surface area contributed by atoms with Gasteiger partial charge < -0.3 is 9.47 Å². The Labute approximate surface area is 179 Å². The maximum atomic E-state index is 12.0. The van der Waals surface area contributed by atoms with Crippen LogP contribution in [0, 0.1) is 0 Å². The summed E-state index contributed by atoms with van der Waals surface area (Å²) in [4.78, 5) is 23.8. The van der Waals surface area contributed by atoms with E-state index in [0.717, 1.165) is 0 Å². The molecule has 0 aromatic heterocycles. The molecular weight excluding hydrogens is 482 g/mol. The molecule has 144 valence electrons. The Morgan fingerprint density at radius 2 is 1.67 bits per heavy atom.